The van der Waals surface area contributed by atoms with Crippen LogP contribution in [0.3, 0.4) is 0 Å². The first-order chi connectivity index (χ1) is 11.9. The fraction of sp³-hybridized carbons (Fsp3) is 0.471. The van der Waals surface area contributed by atoms with Crippen molar-refractivity contribution in [2.75, 3.05) is 6.61 Å². The number of hydrogen-bond acceptors (Lipinski definition) is 5. The molecule has 7 nitrogen and oxygen atoms in total. The number of imide groups is 1. The van der Waals surface area contributed by atoms with Gasteiger partial charge in [0.2, 0.25) is 0 Å². The molecular formula is C17H21ClN2O5. The molecule has 0 aliphatic heterocycles. The first-order valence-electron chi connectivity index (χ1n) is 8.13. The second-order valence-corrected chi connectivity index (χ2v) is 6.26. The molecule has 0 saturated heterocycles. The third-order valence-corrected chi connectivity index (χ3v) is 4.00. The summed E-state index contributed by atoms with van der Waals surface area (Å²) in [5, 5.41) is 5.40. The van der Waals surface area contributed by atoms with Crippen molar-refractivity contribution in [1.29, 1.82) is 0 Å². The van der Waals surface area contributed by atoms with Gasteiger partial charge in [0.25, 0.3) is 5.91 Å². The van der Waals surface area contributed by atoms with Gasteiger partial charge in [0.05, 0.1) is 0 Å². The summed E-state index contributed by atoms with van der Waals surface area (Å²) in [6.45, 7) is 0.951. The molecule has 1 aliphatic carbocycles. The minimum atomic E-state index is -0.902. The Labute approximate surface area is 151 Å². The van der Waals surface area contributed by atoms with Gasteiger partial charge in [-0.15, -0.1) is 0 Å². The molecule has 2 N–H and O–H groups in total. The van der Waals surface area contributed by atoms with E-state index >= 15 is 0 Å². The summed E-state index contributed by atoms with van der Waals surface area (Å²) in [7, 11) is 0. The van der Waals surface area contributed by atoms with Gasteiger partial charge < -0.3 is 14.8 Å². The largest absolute Gasteiger partial charge is 0.479 e. The highest BCUT2D eigenvalue weighted by molar-refractivity contribution is 6.30. The van der Waals surface area contributed by atoms with E-state index in [-0.39, 0.29) is 6.04 Å². The fourth-order valence-electron chi connectivity index (χ4n) is 2.47. The van der Waals surface area contributed by atoms with E-state index in [0.29, 0.717) is 10.8 Å². The molecule has 25 heavy (non-hydrogen) atoms. The molecule has 0 heterocycles. The summed E-state index contributed by atoms with van der Waals surface area (Å²) >= 11 is 5.77. The van der Waals surface area contributed by atoms with Crippen molar-refractivity contribution < 1.29 is 23.9 Å². The van der Waals surface area contributed by atoms with Crippen LogP contribution >= 0.6 is 11.6 Å². The van der Waals surface area contributed by atoms with Crippen LogP contribution < -0.4 is 15.4 Å². The van der Waals surface area contributed by atoms with Crippen LogP contribution in [-0.2, 0) is 14.3 Å². The molecule has 1 fully saturated rings. The van der Waals surface area contributed by atoms with Crippen molar-refractivity contribution in [1.82, 2.24) is 10.6 Å². The molecule has 3 amide bonds. The first kappa shape index (κ1) is 19.1. The monoisotopic (exact) mass is 368 g/mol. The van der Waals surface area contributed by atoms with Crippen molar-refractivity contribution in [2.24, 2.45) is 0 Å². The molecule has 0 aromatic heterocycles. The number of rotatable bonds is 6. The number of hydrogen-bond donors (Lipinski definition) is 2. The molecule has 8 heteroatoms. The number of benzene rings is 1. The smallest absolute Gasteiger partial charge is 0.347 e. The Hall–Kier alpha value is -2.28. The topological polar surface area (TPSA) is 93.7 Å². The number of carbonyl (C=O) groups is 3. The van der Waals surface area contributed by atoms with Gasteiger partial charge in [0.1, 0.15) is 5.75 Å². The number of halogens is 1. The van der Waals surface area contributed by atoms with Crippen LogP contribution in [0.2, 0.25) is 5.02 Å². The number of urea groups is 1. The van der Waals surface area contributed by atoms with Crippen LogP contribution in [0.15, 0.2) is 24.3 Å². The summed E-state index contributed by atoms with van der Waals surface area (Å²) in [4.78, 5) is 35.1. The Morgan fingerprint density at radius 2 is 1.84 bits per heavy atom. The first-order valence-corrected chi connectivity index (χ1v) is 8.51. The van der Waals surface area contributed by atoms with Gasteiger partial charge >= 0.3 is 12.0 Å². The summed E-state index contributed by atoms with van der Waals surface area (Å²) in [5.41, 5.74) is 0. The lowest BCUT2D eigenvalue weighted by molar-refractivity contribution is -0.154. The van der Waals surface area contributed by atoms with Crippen LogP contribution in [0.5, 0.6) is 5.75 Å². The van der Waals surface area contributed by atoms with Crippen LogP contribution in [0.1, 0.15) is 32.6 Å². The highest BCUT2D eigenvalue weighted by Crippen LogP contribution is 2.18. The zero-order chi connectivity index (χ0) is 18.2. The number of nitrogens with one attached hydrogen (secondary N) is 2. The molecule has 0 spiro atoms. The molecular weight excluding hydrogens is 348 g/mol. The Balaban J connectivity index is 1.68. The molecule has 2 rings (SSSR count). The fourth-order valence-corrected chi connectivity index (χ4v) is 2.60. The maximum atomic E-state index is 11.8. The highest BCUT2D eigenvalue weighted by Gasteiger charge is 2.20. The van der Waals surface area contributed by atoms with E-state index in [1.807, 2.05) is 0 Å². The molecule has 0 radical (unpaired) electrons. The van der Waals surface area contributed by atoms with E-state index in [1.54, 1.807) is 24.3 Å². The van der Waals surface area contributed by atoms with E-state index in [2.05, 4.69) is 10.6 Å². The van der Waals surface area contributed by atoms with E-state index in [1.165, 1.54) is 6.92 Å². The average molecular weight is 369 g/mol. The van der Waals surface area contributed by atoms with Gasteiger partial charge in [-0.1, -0.05) is 24.4 Å². The zero-order valence-corrected chi connectivity index (χ0v) is 14.7. The molecule has 0 bridgehead atoms. The van der Waals surface area contributed by atoms with Crippen molar-refractivity contribution >= 4 is 29.5 Å². The normalized spacial score (nSPS) is 15.3. The lowest BCUT2D eigenvalue weighted by atomic mass is 10.2. The number of carbonyl (C=O) groups excluding carboxylic acids is 3. The van der Waals surface area contributed by atoms with E-state index in [0.717, 1.165) is 25.7 Å². The third kappa shape index (κ3) is 6.62. The molecule has 1 atom stereocenters. The Kier molecular flexibility index (Phi) is 7.06. The number of amides is 3. The lowest BCUT2D eigenvalue weighted by Crippen LogP contribution is -2.45. The summed E-state index contributed by atoms with van der Waals surface area (Å²) in [5.74, 6) is -0.946. The molecule has 136 valence electrons. The van der Waals surface area contributed by atoms with Gasteiger partial charge in [-0.2, -0.15) is 0 Å². The highest BCUT2D eigenvalue weighted by atomic mass is 35.5. The SMILES string of the molecule is C[C@@H](Oc1ccc(Cl)cc1)C(=O)OCC(=O)NC(=O)NC1CCCC1. The third-order valence-electron chi connectivity index (χ3n) is 3.75. The van der Waals surface area contributed by atoms with Crippen LogP contribution in [0, 0.1) is 0 Å². The lowest BCUT2D eigenvalue weighted by Gasteiger charge is -2.14. The second-order valence-electron chi connectivity index (χ2n) is 5.82. The predicted molar refractivity (Wildman–Crippen MR) is 91.4 cm³/mol. The predicted octanol–water partition coefficient (Wildman–Crippen LogP) is 2.42. The standard InChI is InChI=1S/C17H21ClN2O5/c1-11(25-14-8-6-12(18)7-9-14)16(22)24-10-15(21)20-17(23)19-13-4-2-3-5-13/h6-9,11,13H,2-5,10H2,1H3,(H2,19,20,21,23)/t11-/m1/s1. The van der Waals surface area contributed by atoms with Gasteiger partial charge in [-0.05, 0) is 44.0 Å². The van der Waals surface area contributed by atoms with Gasteiger partial charge in [-0.25, -0.2) is 9.59 Å². The summed E-state index contributed by atoms with van der Waals surface area (Å²) in [6, 6.07) is 6.02. The molecule has 1 aromatic rings. The number of esters is 1. The Bertz CT molecular complexity index is 614. The van der Waals surface area contributed by atoms with Crippen molar-refractivity contribution in [3.05, 3.63) is 29.3 Å². The summed E-state index contributed by atoms with van der Waals surface area (Å²) < 4.78 is 10.2. The number of ether oxygens (including phenoxy) is 2. The van der Waals surface area contributed by atoms with Crippen molar-refractivity contribution in [3.8, 4) is 5.75 Å². The molecule has 1 aromatic carbocycles. The van der Waals surface area contributed by atoms with Crippen molar-refractivity contribution in [3.63, 3.8) is 0 Å². The second kappa shape index (κ2) is 9.27. The maximum Gasteiger partial charge on any atom is 0.347 e. The zero-order valence-electron chi connectivity index (χ0n) is 13.9. The van der Waals surface area contributed by atoms with Gasteiger partial charge in [-0.3, -0.25) is 10.1 Å². The average Bonchev–Trinajstić information content (AvgIpc) is 3.07. The van der Waals surface area contributed by atoms with Crippen LogP contribution in [-0.4, -0.2) is 36.7 Å². The minimum Gasteiger partial charge on any atom is -0.479 e. The maximum absolute atomic E-state index is 11.8. The molecule has 0 unspecified atom stereocenters. The van der Waals surface area contributed by atoms with E-state index in [4.69, 9.17) is 21.1 Å². The molecule has 1 saturated carbocycles. The van der Waals surface area contributed by atoms with Crippen molar-refractivity contribution in [2.45, 2.75) is 44.8 Å². The van der Waals surface area contributed by atoms with Crippen LogP contribution in [0.25, 0.3) is 0 Å². The molecule has 1 aliphatic rings. The quantitative estimate of drug-likeness (QED) is 0.752. The Morgan fingerprint density at radius 3 is 2.48 bits per heavy atom. The van der Waals surface area contributed by atoms with Gasteiger partial charge in [0, 0.05) is 11.1 Å². The van der Waals surface area contributed by atoms with Gasteiger partial charge in [0.15, 0.2) is 12.7 Å². The van der Waals surface area contributed by atoms with Crippen LogP contribution in [0.4, 0.5) is 4.79 Å². The van der Waals surface area contributed by atoms with E-state index in [9.17, 15) is 14.4 Å². The summed E-state index contributed by atoms with van der Waals surface area (Å²) in [6.07, 6.45) is 3.07. The Morgan fingerprint density at radius 1 is 1.20 bits per heavy atom. The van der Waals surface area contributed by atoms with E-state index < -0.39 is 30.6 Å². The minimum absolute atomic E-state index is 0.100.